The van der Waals surface area contributed by atoms with Gasteiger partial charge in [-0.2, -0.15) is 4.31 Å². The fourth-order valence-electron chi connectivity index (χ4n) is 2.04. The Morgan fingerprint density at radius 2 is 1.80 bits per heavy atom. The summed E-state index contributed by atoms with van der Waals surface area (Å²) >= 11 is 0. The van der Waals surface area contributed by atoms with E-state index >= 15 is 0 Å². The molecule has 0 bridgehead atoms. The van der Waals surface area contributed by atoms with E-state index in [-0.39, 0.29) is 16.4 Å². The molecular formula is C13H18N2O4S. The molecule has 110 valence electrons. The summed E-state index contributed by atoms with van der Waals surface area (Å²) in [5, 5.41) is 0. The number of rotatable bonds is 3. The number of ether oxygens (including phenoxy) is 1. The molecule has 20 heavy (non-hydrogen) atoms. The summed E-state index contributed by atoms with van der Waals surface area (Å²) in [6.45, 7) is 1.38. The van der Waals surface area contributed by atoms with Crippen molar-refractivity contribution in [3.8, 4) is 0 Å². The van der Waals surface area contributed by atoms with E-state index in [1.54, 1.807) is 26.2 Å². The molecule has 1 aliphatic rings. The minimum atomic E-state index is -3.67. The number of carbonyl (C=O) groups excluding carboxylic acids is 1. The van der Waals surface area contributed by atoms with Crippen molar-refractivity contribution < 1.29 is 17.9 Å². The second-order valence-corrected chi connectivity index (χ2v) is 6.62. The molecule has 0 spiro atoms. The van der Waals surface area contributed by atoms with Crippen LogP contribution in [0.4, 0.5) is 0 Å². The van der Waals surface area contributed by atoms with E-state index in [1.165, 1.54) is 21.3 Å². The van der Waals surface area contributed by atoms with Gasteiger partial charge in [-0.25, -0.2) is 8.42 Å². The summed E-state index contributed by atoms with van der Waals surface area (Å²) in [6.07, 6.45) is 0. The van der Waals surface area contributed by atoms with Crippen LogP contribution in [-0.4, -0.2) is 63.9 Å². The van der Waals surface area contributed by atoms with Gasteiger partial charge >= 0.3 is 0 Å². The lowest BCUT2D eigenvalue weighted by molar-refractivity contribution is 0.0729. The molecule has 0 aromatic heterocycles. The molecule has 1 amide bonds. The first kappa shape index (κ1) is 15.0. The summed E-state index contributed by atoms with van der Waals surface area (Å²) < 4.78 is 31.8. The normalized spacial score (nSPS) is 16.9. The molecule has 0 aliphatic carbocycles. The van der Waals surface area contributed by atoms with Crippen molar-refractivity contribution >= 4 is 15.9 Å². The van der Waals surface area contributed by atoms with E-state index < -0.39 is 10.0 Å². The molecule has 0 atom stereocenters. The highest BCUT2D eigenvalue weighted by atomic mass is 32.2. The first-order chi connectivity index (χ1) is 9.44. The highest BCUT2D eigenvalue weighted by Gasteiger charge is 2.30. The smallest absolute Gasteiger partial charge is 0.254 e. The van der Waals surface area contributed by atoms with Crippen LogP contribution in [0.3, 0.4) is 0 Å². The molecule has 1 aromatic rings. The van der Waals surface area contributed by atoms with E-state index in [2.05, 4.69) is 0 Å². The van der Waals surface area contributed by atoms with Gasteiger partial charge in [0.1, 0.15) is 0 Å². The zero-order chi connectivity index (χ0) is 14.8. The van der Waals surface area contributed by atoms with Crippen molar-refractivity contribution in [1.29, 1.82) is 0 Å². The standard InChI is InChI=1S/C13H18N2O4S/c1-14(2)13(16)11-5-3-4-6-12(11)20(17,18)15-7-9-19-10-8-15/h3-6H,7-10H2,1-2H3. The molecule has 1 heterocycles. The van der Waals surface area contributed by atoms with Crippen LogP contribution >= 0.6 is 0 Å². The van der Waals surface area contributed by atoms with Gasteiger partial charge in [-0.15, -0.1) is 0 Å². The Morgan fingerprint density at radius 3 is 2.40 bits per heavy atom. The minimum Gasteiger partial charge on any atom is -0.379 e. The van der Waals surface area contributed by atoms with Crippen molar-refractivity contribution in [3.63, 3.8) is 0 Å². The van der Waals surface area contributed by atoms with Crippen LogP contribution in [0.15, 0.2) is 29.2 Å². The van der Waals surface area contributed by atoms with Crippen molar-refractivity contribution in [2.75, 3.05) is 40.4 Å². The lowest BCUT2D eigenvalue weighted by Gasteiger charge is -2.27. The van der Waals surface area contributed by atoms with Crippen LogP contribution < -0.4 is 0 Å². The van der Waals surface area contributed by atoms with Crippen LogP contribution in [0.1, 0.15) is 10.4 Å². The Hall–Kier alpha value is -1.44. The number of amides is 1. The van der Waals surface area contributed by atoms with Crippen LogP contribution in [0.25, 0.3) is 0 Å². The van der Waals surface area contributed by atoms with Gasteiger partial charge in [0.25, 0.3) is 5.91 Å². The molecular weight excluding hydrogens is 280 g/mol. The minimum absolute atomic E-state index is 0.0561. The fraction of sp³-hybridized carbons (Fsp3) is 0.462. The maximum absolute atomic E-state index is 12.6. The molecule has 6 nitrogen and oxygen atoms in total. The Morgan fingerprint density at radius 1 is 1.20 bits per heavy atom. The average Bonchev–Trinajstić information content (AvgIpc) is 2.47. The van der Waals surface area contributed by atoms with Gasteiger partial charge in [-0.3, -0.25) is 4.79 Å². The molecule has 0 radical (unpaired) electrons. The van der Waals surface area contributed by atoms with Crippen molar-refractivity contribution in [2.45, 2.75) is 4.90 Å². The van der Waals surface area contributed by atoms with Gasteiger partial charge in [0.2, 0.25) is 10.0 Å². The van der Waals surface area contributed by atoms with Gasteiger partial charge in [0.05, 0.1) is 23.7 Å². The van der Waals surface area contributed by atoms with E-state index in [1.807, 2.05) is 0 Å². The molecule has 1 aromatic carbocycles. The monoisotopic (exact) mass is 298 g/mol. The van der Waals surface area contributed by atoms with Gasteiger partial charge in [0, 0.05) is 27.2 Å². The molecule has 0 unspecified atom stereocenters. The van der Waals surface area contributed by atoms with E-state index in [0.717, 1.165) is 0 Å². The number of benzene rings is 1. The number of morpholine rings is 1. The maximum Gasteiger partial charge on any atom is 0.254 e. The van der Waals surface area contributed by atoms with Crippen molar-refractivity contribution in [3.05, 3.63) is 29.8 Å². The summed E-state index contributed by atoms with van der Waals surface area (Å²) in [7, 11) is -0.470. The second kappa shape index (κ2) is 5.90. The predicted octanol–water partition coefficient (Wildman–Crippen LogP) is 0.409. The summed E-state index contributed by atoms with van der Waals surface area (Å²) in [5.74, 6) is -0.322. The number of nitrogens with zero attached hydrogens (tertiary/aromatic N) is 2. The Labute approximate surface area is 119 Å². The van der Waals surface area contributed by atoms with Gasteiger partial charge in [-0.1, -0.05) is 12.1 Å². The van der Waals surface area contributed by atoms with Crippen molar-refractivity contribution in [2.24, 2.45) is 0 Å². The zero-order valence-electron chi connectivity index (χ0n) is 11.6. The zero-order valence-corrected chi connectivity index (χ0v) is 12.4. The van der Waals surface area contributed by atoms with Crippen LogP contribution in [0, 0.1) is 0 Å². The van der Waals surface area contributed by atoms with Crippen LogP contribution in [-0.2, 0) is 14.8 Å². The predicted molar refractivity (Wildman–Crippen MR) is 74.0 cm³/mol. The van der Waals surface area contributed by atoms with Gasteiger partial charge in [0.15, 0.2) is 0 Å². The first-order valence-corrected chi connectivity index (χ1v) is 7.77. The molecule has 1 fully saturated rings. The average molecular weight is 298 g/mol. The molecule has 2 rings (SSSR count). The second-order valence-electron chi connectivity index (χ2n) is 4.71. The van der Waals surface area contributed by atoms with Gasteiger partial charge in [-0.05, 0) is 12.1 Å². The highest BCUT2D eigenvalue weighted by molar-refractivity contribution is 7.89. The van der Waals surface area contributed by atoms with E-state index in [4.69, 9.17) is 4.74 Å². The molecule has 0 N–H and O–H groups in total. The van der Waals surface area contributed by atoms with Crippen LogP contribution in [0.5, 0.6) is 0 Å². The highest BCUT2D eigenvalue weighted by Crippen LogP contribution is 2.22. The quantitative estimate of drug-likeness (QED) is 0.810. The van der Waals surface area contributed by atoms with Gasteiger partial charge < -0.3 is 9.64 Å². The Balaban J connectivity index is 2.44. The molecule has 1 saturated heterocycles. The van der Waals surface area contributed by atoms with E-state index in [9.17, 15) is 13.2 Å². The number of hydrogen-bond donors (Lipinski definition) is 0. The first-order valence-electron chi connectivity index (χ1n) is 6.33. The largest absolute Gasteiger partial charge is 0.379 e. The number of sulfonamides is 1. The third-order valence-electron chi connectivity index (χ3n) is 3.11. The fourth-order valence-corrected chi connectivity index (χ4v) is 3.63. The van der Waals surface area contributed by atoms with Crippen molar-refractivity contribution in [1.82, 2.24) is 9.21 Å². The molecule has 0 saturated carbocycles. The molecule has 1 aliphatic heterocycles. The maximum atomic E-state index is 12.6. The summed E-state index contributed by atoms with van der Waals surface area (Å²) in [6, 6.07) is 6.30. The summed E-state index contributed by atoms with van der Waals surface area (Å²) in [5.41, 5.74) is 0.198. The van der Waals surface area contributed by atoms with E-state index in [0.29, 0.717) is 26.3 Å². The third kappa shape index (κ3) is 2.84. The lowest BCUT2D eigenvalue weighted by Crippen LogP contribution is -2.41. The van der Waals surface area contributed by atoms with Crippen LogP contribution in [0.2, 0.25) is 0 Å². The molecule has 7 heteroatoms. The topological polar surface area (TPSA) is 66.9 Å². The number of carbonyl (C=O) groups is 1. The summed E-state index contributed by atoms with van der Waals surface area (Å²) in [4.78, 5) is 13.5. The Kier molecular flexibility index (Phi) is 4.42. The SMILES string of the molecule is CN(C)C(=O)c1ccccc1S(=O)(=O)N1CCOCC1. The Bertz CT molecular complexity index is 592. The lowest BCUT2D eigenvalue weighted by atomic mass is 10.2. The number of hydrogen-bond acceptors (Lipinski definition) is 4. The third-order valence-corrected chi connectivity index (χ3v) is 5.07.